The maximum absolute atomic E-state index is 12.5. The van der Waals surface area contributed by atoms with E-state index in [4.69, 9.17) is 11.6 Å². The van der Waals surface area contributed by atoms with E-state index >= 15 is 0 Å². The minimum absolute atomic E-state index is 0.0569. The van der Waals surface area contributed by atoms with Gasteiger partial charge in [-0.25, -0.2) is 0 Å². The molecule has 21 heavy (non-hydrogen) atoms. The van der Waals surface area contributed by atoms with Crippen LogP contribution in [0.2, 0.25) is 5.02 Å². The van der Waals surface area contributed by atoms with Crippen LogP contribution >= 0.6 is 11.6 Å². The molecule has 5 nitrogen and oxygen atoms in total. The number of aliphatic hydroxyl groups excluding tert-OH is 1. The van der Waals surface area contributed by atoms with Crippen LogP contribution < -0.4 is 0 Å². The van der Waals surface area contributed by atoms with Crippen LogP contribution in [0.4, 0.5) is 0 Å². The number of amides is 2. The smallest absolute Gasteiger partial charge is 0.246 e. The number of carbonyl (C=O) groups excluding carboxylic acids is 2. The third kappa shape index (κ3) is 2.76. The molecule has 0 aliphatic carbocycles. The van der Waals surface area contributed by atoms with Gasteiger partial charge in [0.15, 0.2) is 0 Å². The highest BCUT2D eigenvalue weighted by molar-refractivity contribution is 6.31. The Morgan fingerprint density at radius 3 is 2.81 bits per heavy atom. The summed E-state index contributed by atoms with van der Waals surface area (Å²) < 4.78 is 0. The van der Waals surface area contributed by atoms with Crippen molar-refractivity contribution in [1.82, 2.24) is 9.80 Å². The van der Waals surface area contributed by atoms with Crippen molar-refractivity contribution < 1.29 is 14.7 Å². The van der Waals surface area contributed by atoms with E-state index in [-0.39, 0.29) is 18.4 Å². The average molecular weight is 309 g/mol. The first kappa shape index (κ1) is 14.4. The van der Waals surface area contributed by atoms with E-state index in [2.05, 4.69) is 0 Å². The van der Waals surface area contributed by atoms with E-state index in [1.165, 1.54) is 4.90 Å². The fourth-order valence-corrected chi connectivity index (χ4v) is 3.18. The Morgan fingerprint density at radius 1 is 1.29 bits per heavy atom. The molecule has 0 unspecified atom stereocenters. The van der Waals surface area contributed by atoms with E-state index in [0.29, 0.717) is 31.0 Å². The maximum atomic E-state index is 12.5. The summed E-state index contributed by atoms with van der Waals surface area (Å²) in [6.07, 6.45) is 0.354. The summed E-state index contributed by atoms with van der Waals surface area (Å²) in [7, 11) is 0. The molecular weight excluding hydrogens is 292 g/mol. The molecular formula is C15H17ClN2O3. The summed E-state index contributed by atoms with van der Waals surface area (Å²) in [5.74, 6) is -0.160. The van der Waals surface area contributed by atoms with E-state index < -0.39 is 12.1 Å². The lowest BCUT2D eigenvalue weighted by molar-refractivity contribution is -0.160. The molecule has 1 aromatic rings. The van der Waals surface area contributed by atoms with Gasteiger partial charge in [-0.05, 0) is 18.1 Å². The first-order valence-electron chi connectivity index (χ1n) is 7.06. The molecule has 0 bridgehead atoms. The molecule has 0 saturated carbocycles. The molecule has 2 atom stereocenters. The van der Waals surface area contributed by atoms with Crippen LogP contribution in [0.25, 0.3) is 0 Å². The third-order valence-electron chi connectivity index (χ3n) is 4.14. The summed E-state index contributed by atoms with van der Waals surface area (Å²) in [5.41, 5.74) is 0.824. The van der Waals surface area contributed by atoms with Crippen molar-refractivity contribution in [2.75, 3.05) is 13.1 Å². The Balaban J connectivity index is 1.79. The standard InChI is InChI=1S/C15H17ClN2O3/c16-12-4-2-1-3-10(12)8-17-9-14(20)18-6-5-11(19)7-13(18)15(17)21/h1-4,11,13,19H,5-9H2/t11-,13+/m1/s1. The van der Waals surface area contributed by atoms with Gasteiger partial charge < -0.3 is 14.9 Å². The number of hydrogen-bond donors (Lipinski definition) is 1. The largest absolute Gasteiger partial charge is 0.393 e. The van der Waals surface area contributed by atoms with Gasteiger partial charge in [-0.1, -0.05) is 29.8 Å². The van der Waals surface area contributed by atoms with Gasteiger partial charge in [0.1, 0.15) is 12.6 Å². The minimum atomic E-state index is -0.530. The zero-order valence-corrected chi connectivity index (χ0v) is 12.3. The summed E-state index contributed by atoms with van der Waals surface area (Å²) in [4.78, 5) is 27.9. The van der Waals surface area contributed by atoms with Crippen molar-refractivity contribution in [3.8, 4) is 0 Å². The van der Waals surface area contributed by atoms with Crippen LogP contribution in [-0.2, 0) is 16.1 Å². The van der Waals surface area contributed by atoms with E-state index in [1.807, 2.05) is 18.2 Å². The van der Waals surface area contributed by atoms with Gasteiger partial charge in [0, 0.05) is 24.5 Å². The summed E-state index contributed by atoms with van der Waals surface area (Å²) >= 11 is 6.11. The fourth-order valence-electron chi connectivity index (χ4n) is 2.99. The number of halogens is 1. The van der Waals surface area contributed by atoms with E-state index in [9.17, 15) is 14.7 Å². The number of carbonyl (C=O) groups is 2. The van der Waals surface area contributed by atoms with E-state index in [0.717, 1.165) is 5.56 Å². The van der Waals surface area contributed by atoms with Crippen LogP contribution in [0.3, 0.4) is 0 Å². The second-order valence-corrected chi connectivity index (χ2v) is 5.97. The zero-order chi connectivity index (χ0) is 15.0. The third-order valence-corrected chi connectivity index (χ3v) is 4.51. The Labute approximate surface area is 128 Å². The van der Waals surface area contributed by atoms with Crippen LogP contribution in [0, 0.1) is 0 Å². The fraction of sp³-hybridized carbons (Fsp3) is 0.467. The lowest BCUT2D eigenvalue weighted by atomic mass is 9.96. The van der Waals surface area contributed by atoms with Gasteiger partial charge in [0.05, 0.1) is 6.10 Å². The molecule has 0 aromatic heterocycles. The van der Waals surface area contributed by atoms with Gasteiger partial charge in [-0.2, -0.15) is 0 Å². The Morgan fingerprint density at radius 2 is 2.05 bits per heavy atom. The molecule has 2 aliphatic rings. The Hall–Kier alpha value is -1.59. The SMILES string of the molecule is O=C1[C@@H]2C[C@H](O)CCN2C(=O)CN1Cc1ccccc1Cl. The van der Waals surface area contributed by atoms with Crippen molar-refractivity contribution >= 4 is 23.4 Å². The summed E-state index contributed by atoms with van der Waals surface area (Å²) in [5, 5.41) is 10.3. The highest BCUT2D eigenvalue weighted by Gasteiger charge is 2.42. The number of aliphatic hydroxyl groups is 1. The molecule has 2 heterocycles. The van der Waals surface area contributed by atoms with Crippen molar-refractivity contribution in [1.29, 1.82) is 0 Å². The second-order valence-electron chi connectivity index (χ2n) is 5.57. The van der Waals surface area contributed by atoms with Gasteiger partial charge in [-0.3, -0.25) is 9.59 Å². The number of fused-ring (bicyclic) bond motifs is 1. The lowest BCUT2D eigenvalue weighted by Gasteiger charge is -2.44. The Kier molecular flexibility index (Phi) is 3.87. The number of rotatable bonds is 2. The van der Waals surface area contributed by atoms with Crippen LogP contribution in [-0.4, -0.2) is 52.0 Å². The molecule has 3 rings (SSSR count). The topological polar surface area (TPSA) is 60.9 Å². The normalized spacial score (nSPS) is 26.0. The highest BCUT2D eigenvalue weighted by Crippen LogP contribution is 2.25. The van der Waals surface area contributed by atoms with Crippen molar-refractivity contribution in [2.24, 2.45) is 0 Å². The zero-order valence-electron chi connectivity index (χ0n) is 11.5. The number of piperidine rings is 1. The number of piperazine rings is 1. The van der Waals surface area contributed by atoms with Gasteiger partial charge in [0.2, 0.25) is 11.8 Å². The predicted octanol–water partition coefficient (Wildman–Crippen LogP) is 1.03. The molecule has 2 amide bonds. The molecule has 1 N–H and O–H groups in total. The van der Waals surface area contributed by atoms with Crippen LogP contribution in [0.15, 0.2) is 24.3 Å². The van der Waals surface area contributed by atoms with E-state index in [1.54, 1.807) is 11.0 Å². The predicted molar refractivity (Wildman–Crippen MR) is 77.6 cm³/mol. The van der Waals surface area contributed by atoms with Gasteiger partial charge >= 0.3 is 0 Å². The molecule has 0 spiro atoms. The molecule has 2 fully saturated rings. The number of nitrogens with zero attached hydrogens (tertiary/aromatic N) is 2. The van der Waals surface area contributed by atoms with Crippen molar-refractivity contribution in [3.63, 3.8) is 0 Å². The van der Waals surface area contributed by atoms with Crippen molar-refractivity contribution in [2.45, 2.75) is 31.5 Å². The molecule has 2 saturated heterocycles. The van der Waals surface area contributed by atoms with Crippen LogP contribution in [0.1, 0.15) is 18.4 Å². The first-order chi connectivity index (χ1) is 10.1. The molecule has 2 aliphatic heterocycles. The lowest BCUT2D eigenvalue weighted by Crippen LogP contribution is -2.62. The molecule has 1 aromatic carbocycles. The van der Waals surface area contributed by atoms with Crippen LogP contribution in [0.5, 0.6) is 0 Å². The van der Waals surface area contributed by atoms with Gasteiger partial charge in [0.25, 0.3) is 0 Å². The second kappa shape index (κ2) is 5.66. The monoisotopic (exact) mass is 308 g/mol. The highest BCUT2D eigenvalue weighted by atomic mass is 35.5. The molecule has 112 valence electrons. The Bertz CT molecular complexity index is 578. The average Bonchev–Trinajstić information content (AvgIpc) is 2.46. The number of hydrogen-bond acceptors (Lipinski definition) is 3. The van der Waals surface area contributed by atoms with Gasteiger partial charge in [-0.15, -0.1) is 0 Å². The quantitative estimate of drug-likeness (QED) is 0.888. The summed E-state index contributed by atoms with van der Waals surface area (Å²) in [6, 6.07) is 6.77. The maximum Gasteiger partial charge on any atom is 0.246 e. The number of benzene rings is 1. The summed E-state index contributed by atoms with van der Waals surface area (Å²) in [6.45, 7) is 0.859. The first-order valence-corrected chi connectivity index (χ1v) is 7.44. The minimum Gasteiger partial charge on any atom is -0.393 e. The van der Waals surface area contributed by atoms with Crippen molar-refractivity contribution in [3.05, 3.63) is 34.9 Å². The molecule has 0 radical (unpaired) electrons. The molecule has 6 heteroatoms.